The van der Waals surface area contributed by atoms with Gasteiger partial charge >= 0.3 is 0 Å². The summed E-state index contributed by atoms with van der Waals surface area (Å²) < 4.78 is 1.13. The number of thioether (sulfide) groups is 2. The molecule has 0 aliphatic carbocycles. The highest BCUT2D eigenvalue weighted by Crippen LogP contribution is 2.47. The standard InChI is InChI=1S/C11H14N2O2S4/c1-11(2,5-7(14)12(3)9(16)18-5)6-8(15)13(4)10(17)19-6/h5-6H,1-4H3/t5-,6-/m1/s1. The summed E-state index contributed by atoms with van der Waals surface area (Å²) in [5.41, 5.74) is -0.507. The van der Waals surface area contributed by atoms with Crippen LogP contribution in [0.3, 0.4) is 0 Å². The number of carbonyl (C=O) groups excluding carboxylic acids is 2. The number of carbonyl (C=O) groups is 2. The average Bonchev–Trinajstić information content (AvgIpc) is 2.75. The van der Waals surface area contributed by atoms with Crippen LogP contribution >= 0.6 is 48.0 Å². The van der Waals surface area contributed by atoms with E-state index in [4.69, 9.17) is 24.4 Å². The molecular formula is C11H14N2O2S4. The zero-order valence-electron chi connectivity index (χ0n) is 11.0. The third kappa shape index (κ3) is 2.32. The van der Waals surface area contributed by atoms with Crippen LogP contribution in [-0.4, -0.2) is 54.9 Å². The molecule has 2 rings (SSSR count). The van der Waals surface area contributed by atoms with Gasteiger partial charge < -0.3 is 0 Å². The van der Waals surface area contributed by atoms with Crippen molar-refractivity contribution < 1.29 is 9.59 Å². The van der Waals surface area contributed by atoms with Gasteiger partial charge in [0.05, 0.1) is 10.5 Å². The largest absolute Gasteiger partial charge is 0.300 e. The first-order chi connectivity index (χ1) is 8.67. The number of amides is 2. The number of rotatable bonds is 2. The van der Waals surface area contributed by atoms with Crippen LogP contribution in [-0.2, 0) is 9.59 Å². The molecule has 2 atom stereocenters. The molecule has 4 nitrogen and oxygen atoms in total. The summed E-state index contributed by atoms with van der Waals surface area (Å²) in [5, 5.41) is -0.665. The number of hydrogen-bond donors (Lipinski definition) is 0. The van der Waals surface area contributed by atoms with Crippen molar-refractivity contribution in [3.63, 3.8) is 0 Å². The Bertz CT molecular complexity index is 449. The van der Waals surface area contributed by atoms with Crippen LogP contribution < -0.4 is 0 Å². The van der Waals surface area contributed by atoms with Crippen LogP contribution in [0.5, 0.6) is 0 Å². The van der Waals surface area contributed by atoms with Gasteiger partial charge in [-0.25, -0.2) is 0 Å². The topological polar surface area (TPSA) is 40.6 Å². The first kappa shape index (κ1) is 15.2. The molecule has 0 spiro atoms. The molecular weight excluding hydrogens is 320 g/mol. The summed E-state index contributed by atoms with van der Waals surface area (Å²) in [4.78, 5) is 27.4. The Labute approximate surface area is 131 Å². The summed E-state index contributed by atoms with van der Waals surface area (Å²) in [6, 6.07) is 0. The molecule has 0 aromatic rings. The molecule has 2 amide bonds. The zero-order valence-corrected chi connectivity index (χ0v) is 14.3. The van der Waals surface area contributed by atoms with E-state index >= 15 is 0 Å². The number of nitrogens with zero attached hydrogens (tertiary/aromatic N) is 2. The molecule has 2 aliphatic rings. The Balaban J connectivity index is 2.29. The molecule has 2 fully saturated rings. The number of thiocarbonyl (C=S) groups is 2. The highest BCUT2D eigenvalue weighted by molar-refractivity contribution is 8.25. The Morgan fingerprint density at radius 3 is 1.47 bits per heavy atom. The maximum absolute atomic E-state index is 12.2. The third-order valence-electron chi connectivity index (χ3n) is 3.45. The molecule has 0 bridgehead atoms. The van der Waals surface area contributed by atoms with Gasteiger partial charge in [0.25, 0.3) is 0 Å². The van der Waals surface area contributed by atoms with Crippen molar-refractivity contribution in [2.45, 2.75) is 24.3 Å². The van der Waals surface area contributed by atoms with Crippen LogP contribution in [0, 0.1) is 5.41 Å². The Hall–Kier alpha value is -0.180. The van der Waals surface area contributed by atoms with E-state index in [0.29, 0.717) is 8.64 Å². The van der Waals surface area contributed by atoms with E-state index in [-0.39, 0.29) is 22.3 Å². The van der Waals surface area contributed by atoms with Gasteiger partial charge in [0.1, 0.15) is 8.64 Å². The first-order valence-electron chi connectivity index (χ1n) is 5.64. The van der Waals surface area contributed by atoms with Crippen LogP contribution in [0.2, 0.25) is 0 Å². The Kier molecular flexibility index (Phi) is 3.99. The minimum absolute atomic E-state index is 0.0335. The van der Waals surface area contributed by atoms with Crippen molar-refractivity contribution in [1.29, 1.82) is 0 Å². The molecule has 0 radical (unpaired) electrons. The highest BCUT2D eigenvalue weighted by atomic mass is 32.2. The maximum Gasteiger partial charge on any atom is 0.241 e. The molecule has 19 heavy (non-hydrogen) atoms. The summed E-state index contributed by atoms with van der Waals surface area (Å²) in [7, 11) is 3.35. The van der Waals surface area contributed by atoms with Crippen LogP contribution in [0.15, 0.2) is 0 Å². The molecule has 2 saturated heterocycles. The highest BCUT2D eigenvalue weighted by Gasteiger charge is 2.54. The van der Waals surface area contributed by atoms with Gasteiger partial charge in [-0.15, -0.1) is 0 Å². The van der Waals surface area contributed by atoms with E-state index < -0.39 is 5.41 Å². The molecule has 0 aromatic carbocycles. The quantitative estimate of drug-likeness (QED) is 0.717. The summed E-state index contributed by atoms with van der Waals surface area (Å²) in [5.74, 6) is -0.0669. The van der Waals surface area contributed by atoms with E-state index in [0.717, 1.165) is 0 Å². The molecule has 0 unspecified atom stereocenters. The molecule has 0 aromatic heterocycles. The lowest BCUT2D eigenvalue weighted by molar-refractivity contribution is -0.129. The minimum Gasteiger partial charge on any atom is -0.300 e. The average molecular weight is 335 g/mol. The Morgan fingerprint density at radius 2 is 1.26 bits per heavy atom. The van der Waals surface area contributed by atoms with Crippen LogP contribution in [0.4, 0.5) is 0 Å². The Morgan fingerprint density at radius 1 is 0.947 bits per heavy atom. The van der Waals surface area contributed by atoms with E-state index in [9.17, 15) is 9.59 Å². The molecule has 0 N–H and O–H groups in total. The van der Waals surface area contributed by atoms with Crippen molar-refractivity contribution >= 4 is 68.4 Å². The van der Waals surface area contributed by atoms with Crippen molar-refractivity contribution in [3.05, 3.63) is 0 Å². The smallest absolute Gasteiger partial charge is 0.241 e. The second kappa shape index (κ2) is 4.98. The van der Waals surface area contributed by atoms with Gasteiger partial charge in [-0.1, -0.05) is 61.8 Å². The van der Waals surface area contributed by atoms with Gasteiger partial charge in [0.15, 0.2) is 0 Å². The van der Waals surface area contributed by atoms with Crippen molar-refractivity contribution in [2.75, 3.05) is 14.1 Å². The second-order valence-electron chi connectivity index (χ2n) is 5.14. The molecule has 2 aliphatic heterocycles. The summed E-state index contributed by atoms with van der Waals surface area (Å²) >= 11 is 13.0. The van der Waals surface area contributed by atoms with Gasteiger partial charge in [0, 0.05) is 19.5 Å². The molecule has 104 valence electrons. The predicted octanol–water partition coefficient (Wildman–Crippen LogP) is 1.73. The summed E-state index contributed by atoms with van der Waals surface area (Å²) in [6.45, 7) is 3.86. The van der Waals surface area contributed by atoms with E-state index in [1.807, 2.05) is 13.8 Å². The lowest BCUT2D eigenvalue weighted by Gasteiger charge is -2.32. The van der Waals surface area contributed by atoms with Crippen LogP contribution in [0.1, 0.15) is 13.8 Å². The van der Waals surface area contributed by atoms with Gasteiger partial charge in [-0.3, -0.25) is 19.4 Å². The third-order valence-corrected chi connectivity index (χ3v) is 7.61. The number of hydrogen-bond acceptors (Lipinski definition) is 6. The fourth-order valence-corrected chi connectivity index (χ4v) is 5.21. The van der Waals surface area contributed by atoms with Gasteiger partial charge in [-0.05, 0) is 0 Å². The van der Waals surface area contributed by atoms with E-state index in [1.54, 1.807) is 14.1 Å². The van der Waals surface area contributed by atoms with Gasteiger partial charge in [0.2, 0.25) is 11.8 Å². The van der Waals surface area contributed by atoms with Crippen molar-refractivity contribution in [1.82, 2.24) is 9.80 Å². The van der Waals surface area contributed by atoms with Crippen LogP contribution in [0.25, 0.3) is 0 Å². The monoisotopic (exact) mass is 334 g/mol. The minimum atomic E-state index is -0.507. The normalized spacial score (nSPS) is 28.8. The van der Waals surface area contributed by atoms with Crippen molar-refractivity contribution in [2.24, 2.45) is 5.41 Å². The fourth-order valence-electron chi connectivity index (χ4n) is 2.07. The molecule has 0 saturated carbocycles. The fraction of sp³-hybridized carbons (Fsp3) is 0.636. The predicted molar refractivity (Wildman–Crippen MR) is 87.3 cm³/mol. The SMILES string of the molecule is CN1C(=O)[C@H](C(C)(C)[C@@H]2SC(=S)N(C)C2=O)SC1=S. The van der Waals surface area contributed by atoms with E-state index in [1.165, 1.54) is 33.3 Å². The first-order valence-corrected chi connectivity index (χ1v) is 8.22. The molecule has 2 heterocycles. The lowest BCUT2D eigenvalue weighted by atomic mass is 9.83. The summed E-state index contributed by atoms with van der Waals surface area (Å²) in [6.07, 6.45) is 0. The molecule has 8 heteroatoms. The zero-order chi connectivity index (χ0) is 14.5. The van der Waals surface area contributed by atoms with Crippen molar-refractivity contribution in [3.8, 4) is 0 Å². The van der Waals surface area contributed by atoms with E-state index in [2.05, 4.69) is 0 Å². The second-order valence-corrected chi connectivity index (χ2v) is 8.62. The maximum atomic E-state index is 12.2. The van der Waals surface area contributed by atoms with Gasteiger partial charge in [-0.2, -0.15) is 0 Å². The lowest BCUT2D eigenvalue weighted by Crippen LogP contribution is -2.45.